The number of rotatable bonds is 6. The smallest absolute Gasteiger partial charge is 0.261 e. The van der Waals surface area contributed by atoms with E-state index in [0.717, 1.165) is 24.8 Å². The lowest BCUT2D eigenvalue weighted by atomic mass is 10.0. The highest BCUT2D eigenvalue weighted by Gasteiger charge is 2.31. The number of nitrogens with zero attached hydrogens (tertiary/aromatic N) is 2. The Bertz CT molecular complexity index is 1000. The SMILES string of the molecule is O=C(COc1ccc(F)cc1)N1CCCC[C@H]1c1ncc(Cc2cccc(F)c2)o1. The third kappa shape index (κ3) is 4.84. The summed E-state index contributed by atoms with van der Waals surface area (Å²) in [5.74, 6) is 0.716. The van der Waals surface area contributed by atoms with Crippen LogP contribution < -0.4 is 4.74 Å². The molecule has 0 bridgehead atoms. The van der Waals surface area contributed by atoms with Gasteiger partial charge >= 0.3 is 0 Å². The van der Waals surface area contributed by atoms with Crippen LogP contribution in [0.15, 0.2) is 59.1 Å². The van der Waals surface area contributed by atoms with Crippen molar-refractivity contribution in [2.24, 2.45) is 0 Å². The Balaban J connectivity index is 1.42. The number of carbonyl (C=O) groups excluding carboxylic acids is 1. The maximum Gasteiger partial charge on any atom is 0.261 e. The van der Waals surface area contributed by atoms with Gasteiger partial charge in [-0.15, -0.1) is 0 Å². The maximum atomic E-state index is 13.4. The van der Waals surface area contributed by atoms with E-state index >= 15 is 0 Å². The fourth-order valence-electron chi connectivity index (χ4n) is 3.65. The van der Waals surface area contributed by atoms with Crippen molar-refractivity contribution in [2.45, 2.75) is 31.7 Å². The zero-order valence-electron chi connectivity index (χ0n) is 16.4. The average molecular weight is 412 g/mol. The molecule has 0 saturated carbocycles. The van der Waals surface area contributed by atoms with E-state index in [0.29, 0.717) is 30.4 Å². The molecule has 1 saturated heterocycles. The Morgan fingerprint density at radius 2 is 1.97 bits per heavy atom. The average Bonchev–Trinajstić information content (AvgIpc) is 3.21. The molecule has 2 heterocycles. The van der Waals surface area contributed by atoms with Crippen molar-refractivity contribution in [3.8, 4) is 5.75 Å². The van der Waals surface area contributed by atoms with Gasteiger partial charge in [0.25, 0.3) is 5.91 Å². The second-order valence-electron chi connectivity index (χ2n) is 7.31. The largest absolute Gasteiger partial charge is 0.484 e. The van der Waals surface area contributed by atoms with Gasteiger partial charge < -0.3 is 14.1 Å². The molecular weight excluding hydrogens is 390 g/mol. The summed E-state index contributed by atoms with van der Waals surface area (Å²) in [6.45, 7) is 0.455. The minimum absolute atomic E-state index is 0.140. The Hall–Kier alpha value is -3.22. The van der Waals surface area contributed by atoms with Crippen molar-refractivity contribution in [1.82, 2.24) is 9.88 Å². The lowest BCUT2D eigenvalue weighted by molar-refractivity contribution is -0.137. The van der Waals surface area contributed by atoms with Crippen molar-refractivity contribution in [3.05, 3.63) is 83.6 Å². The van der Waals surface area contributed by atoms with E-state index in [9.17, 15) is 13.6 Å². The summed E-state index contributed by atoms with van der Waals surface area (Å²) in [6.07, 6.45) is 4.68. The van der Waals surface area contributed by atoms with Crippen LogP contribution in [-0.4, -0.2) is 28.9 Å². The highest BCUT2D eigenvalue weighted by molar-refractivity contribution is 5.78. The van der Waals surface area contributed by atoms with Gasteiger partial charge in [0.1, 0.15) is 29.2 Å². The van der Waals surface area contributed by atoms with E-state index in [-0.39, 0.29) is 30.2 Å². The normalized spacial score (nSPS) is 16.5. The molecule has 30 heavy (non-hydrogen) atoms. The van der Waals surface area contributed by atoms with Gasteiger partial charge in [0.05, 0.1) is 6.20 Å². The third-order valence-corrected chi connectivity index (χ3v) is 5.12. The molecule has 1 aliphatic rings. The maximum absolute atomic E-state index is 13.4. The predicted molar refractivity (Wildman–Crippen MR) is 106 cm³/mol. The number of piperidine rings is 1. The van der Waals surface area contributed by atoms with Crippen molar-refractivity contribution in [1.29, 1.82) is 0 Å². The summed E-state index contributed by atoms with van der Waals surface area (Å²) in [4.78, 5) is 18.9. The molecule has 1 aromatic heterocycles. The molecule has 0 N–H and O–H groups in total. The van der Waals surface area contributed by atoms with Gasteiger partial charge in [-0.1, -0.05) is 12.1 Å². The fourth-order valence-corrected chi connectivity index (χ4v) is 3.65. The molecule has 0 unspecified atom stereocenters. The van der Waals surface area contributed by atoms with Crippen LogP contribution in [0.25, 0.3) is 0 Å². The van der Waals surface area contributed by atoms with Gasteiger partial charge in [-0.05, 0) is 61.2 Å². The van der Waals surface area contributed by atoms with E-state index in [1.165, 1.54) is 36.4 Å². The Kier molecular flexibility index (Phi) is 6.07. The molecule has 1 atom stereocenters. The number of ether oxygens (including phenoxy) is 1. The number of hydrogen-bond donors (Lipinski definition) is 0. The monoisotopic (exact) mass is 412 g/mol. The molecule has 0 aliphatic carbocycles. The zero-order chi connectivity index (χ0) is 20.9. The summed E-state index contributed by atoms with van der Waals surface area (Å²) in [5, 5.41) is 0. The first-order valence-corrected chi connectivity index (χ1v) is 9.95. The lowest BCUT2D eigenvalue weighted by Gasteiger charge is -2.33. The third-order valence-electron chi connectivity index (χ3n) is 5.12. The van der Waals surface area contributed by atoms with E-state index in [2.05, 4.69) is 4.98 Å². The number of aromatic nitrogens is 1. The number of oxazole rings is 1. The molecule has 2 aromatic carbocycles. The van der Waals surface area contributed by atoms with Gasteiger partial charge in [-0.25, -0.2) is 13.8 Å². The summed E-state index contributed by atoms with van der Waals surface area (Å²) in [6, 6.07) is 11.6. The molecule has 1 aliphatic heterocycles. The number of hydrogen-bond acceptors (Lipinski definition) is 4. The molecule has 1 fully saturated rings. The highest BCUT2D eigenvalue weighted by atomic mass is 19.1. The van der Waals surface area contributed by atoms with Crippen molar-refractivity contribution in [2.75, 3.05) is 13.2 Å². The van der Waals surface area contributed by atoms with Gasteiger partial charge in [0.2, 0.25) is 5.89 Å². The topological polar surface area (TPSA) is 55.6 Å². The molecule has 7 heteroatoms. The van der Waals surface area contributed by atoms with Crippen LogP contribution in [0.5, 0.6) is 5.75 Å². The van der Waals surface area contributed by atoms with Gasteiger partial charge in [-0.2, -0.15) is 0 Å². The number of carbonyl (C=O) groups is 1. The van der Waals surface area contributed by atoms with Crippen LogP contribution in [-0.2, 0) is 11.2 Å². The van der Waals surface area contributed by atoms with E-state index < -0.39 is 0 Å². The summed E-state index contributed by atoms with van der Waals surface area (Å²) in [7, 11) is 0. The van der Waals surface area contributed by atoms with E-state index in [1.54, 1.807) is 17.2 Å². The van der Waals surface area contributed by atoms with Crippen LogP contribution in [0.1, 0.15) is 42.5 Å². The second-order valence-corrected chi connectivity index (χ2v) is 7.31. The number of amides is 1. The summed E-state index contributed by atoms with van der Waals surface area (Å²) >= 11 is 0. The minimum Gasteiger partial charge on any atom is -0.484 e. The first-order chi connectivity index (χ1) is 14.6. The molecular formula is C23H22F2N2O3. The number of likely N-dealkylation sites (tertiary alicyclic amines) is 1. The van der Waals surface area contributed by atoms with Gasteiger partial charge in [0, 0.05) is 13.0 Å². The standard InChI is InChI=1S/C23H22F2N2O3/c24-17-7-9-19(10-8-17)29-15-22(28)27-11-2-1-6-21(27)23-26-14-20(30-23)13-16-4-3-5-18(25)12-16/h3-5,7-10,12,14,21H,1-2,6,11,13,15H2/t21-/m0/s1. The molecule has 0 radical (unpaired) electrons. The Morgan fingerprint density at radius 1 is 1.13 bits per heavy atom. The van der Waals surface area contributed by atoms with Crippen molar-refractivity contribution >= 4 is 5.91 Å². The molecule has 156 valence electrons. The highest BCUT2D eigenvalue weighted by Crippen LogP contribution is 2.31. The Labute approximate surface area is 173 Å². The molecule has 4 rings (SSSR count). The minimum atomic E-state index is -0.359. The fraction of sp³-hybridized carbons (Fsp3) is 0.304. The van der Waals surface area contributed by atoms with Crippen LogP contribution in [0.4, 0.5) is 8.78 Å². The first kappa shape index (κ1) is 20.1. The molecule has 5 nitrogen and oxygen atoms in total. The molecule has 1 amide bonds. The van der Waals surface area contributed by atoms with Gasteiger partial charge in [-0.3, -0.25) is 4.79 Å². The van der Waals surface area contributed by atoms with E-state index in [4.69, 9.17) is 9.15 Å². The Morgan fingerprint density at radius 3 is 2.77 bits per heavy atom. The zero-order valence-corrected chi connectivity index (χ0v) is 16.4. The van der Waals surface area contributed by atoms with Crippen molar-refractivity contribution < 1.29 is 22.7 Å². The van der Waals surface area contributed by atoms with Crippen LogP contribution in [0.2, 0.25) is 0 Å². The molecule has 3 aromatic rings. The van der Waals surface area contributed by atoms with Gasteiger partial charge in [0.15, 0.2) is 6.61 Å². The quantitative estimate of drug-likeness (QED) is 0.590. The van der Waals surface area contributed by atoms with Crippen LogP contribution >= 0.6 is 0 Å². The number of halogens is 2. The van der Waals surface area contributed by atoms with Crippen LogP contribution in [0, 0.1) is 11.6 Å². The number of benzene rings is 2. The first-order valence-electron chi connectivity index (χ1n) is 9.95. The lowest BCUT2D eigenvalue weighted by Crippen LogP contribution is -2.41. The van der Waals surface area contributed by atoms with E-state index in [1.807, 2.05) is 6.07 Å². The summed E-state index contributed by atoms with van der Waals surface area (Å²) in [5.41, 5.74) is 0.793. The predicted octanol–water partition coefficient (Wildman–Crippen LogP) is 4.68. The second kappa shape index (κ2) is 9.07. The van der Waals surface area contributed by atoms with Crippen LogP contribution in [0.3, 0.4) is 0 Å². The van der Waals surface area contributed by atoms with Crippen molar-refractivity contribution in [3.63, 3.8) is 0 Å². The molecule has 0 spiro atoms. The summed E-state index contributed by atoms with van der Waals surface area (Å²) < 4.78 is 37.8.